The first-order valence-electron chi connectivity index (χ1n) is 9.55. The molecule has 0 amide bonds. The van der Waals surface area contributed by atoms with Gasteiger partial charge in [-0.15, -0.1) is 0 Å². The second kappa shape index (κ2) is 8.73. The van der Waals surface area contributed by atoms with Crippen molar-refractivity contribution in [1.29, 1.82) is 0 Å². The Morgan fingerprint density at radius 1 is 0.676 bits per heavy atom. The summed E-state index contributed by atoms with van der Waals surface area (Å²) in [5.74, 6) is -21.0. The van der Waals surface area contributed by atoms with Gasteiger partial charge in [-0.1, -0.05) is 54.6 Å². The van der Waals surface area contributed by atoms with Crippen molar-refractivity contribution in [3.8, 4) is 11.1 Å². The van der Waals surface area contributed by atoms with Gasteiger partial charge in [0.15, 0.2) is 21.1 Å². The number of alkyl halides is 9. The predicted molar refractivity (Wildman–Crippen MR) is 108 cm³/mol. The van der Waals surface area contributed by atoms with E-state index in [1.807, 2.05) is 0 Å². The Morgan fingerprint density at radius 2 is 1.18 bits per heavy atom. The summed E-state index contributed by atoms with van der Waals surface area (Å²) in [6.45, 7) is 0. The number of halogens is 9. The molecule has 0 bridgehead atoms. The van der Waals surface area contributed by atoms with E-state index in [1.54, 1.807) is 42.5 Å². The Bertz CT molecular complexity index is 1080. The molecule has 0 unspecified atom stereocenters. The SMILES string of the molecule is O=C1C=CC(O[SiH2]c2ccc(-c3ccccc3)cc2)(C(F)(F)C(F)(F)C(F)(F)C(F)(F)F)C=C1. The number of rotatable bonds is 7. The predicted octanol–water partition coefficient (Wildman–Crippen LogP) is 4.98. The Hall–Kier alpha value is -2.86. The quantitative estimate of drug-likeness (QED) is 0.388. The maximum Gasteiger partial charge on any atom is 0.460 e. The van der Waals surface area contributed by atoms with Crippen LogP contribution in [0.4, 0.5) is 39.5 Å². The summed E-state index contributed by atoms with van der Waals surface area (Å²) < 4.78 is 128. The van der Waals surface area contributed by atoms with E-state index >= 15 is 0 Å². The fraction of sp³-hybridized carbons (Fsp3) is 0.227. The minimum atomic E-state index is -7.08. The van der Waals surface area contributed by atoms with Gasteiger partial charge in [-0.25, -0.2) is 0 Å². The van der Waals surface area contributed by atoms with Gasteiger partial charge in [0.25, 0.3) is 0 Å². The maximum absolute atomic E-state index is 14.8. The van der Waals surface area contributed by atoms with Gasteiger partial charge < -0.3 is 4.43 Å². The van der Waals surface area contributed by atoms with E-state index in [4.69, 9.17) is 4.43 Å². The van der Waals surface area contributed by atoms with Crippen LogP contribution in [0.15, 0.2) is 78.9 Å². The van der Waals surface area contributed by atoms with Crippen molar-refractivity contribution < 1.29 is 48.7 Å². The minimum Gasteiger partial charge on any atom is -0.401 e. The molecule has 2 aromatic carbocycles. The zero-order valence-electron chi connectivity index (χ0n) is 16.9. The molecule has 182 valence electrons. The van der Waals surface area contributed by atoms with Gasteiger partial charge in [-0.2, -0.15) is 39.5 Å². The molecule has 1 aliphatic carbocycles. The topological polar surface area (TPSA) is 26.3 Å². The lowest BCUT2D eigenvalue weighted by molar-refractivity contribution is -0.407. The molecule has 0 radical (unpaired) electrons. The van der Waals surface area contributed by atoms with Crippen molar-refractivity contribution in [3.05, 3.63) is 78.9 Å². The highest BCUT2D eigenvalue weighted by Crippen LogP contribution is 2.57. The average molecular weight is 510 g/mol. The molecule has 0 aromatic heterocycles. The lowest BCUT2D eigenvalue weighted by Gasteiger charge is -2.43. The zero-order valence-corrected chi connectivity index (χ0v) is 18.3. The average Bonchev–Trinajstić information content (AvgIpc) is 2.78. The first-order valence-corrected chi connectivity index (χ1v) is 10.8. The van der Waals surface area contributed by atoms with Crippen LogP contribution in [0, 0.1) is 0 Å². The van der Waals surface area contributed by atoms with E-state index in [0.717, 1.165) is 11.1 Å². The largest absolute Gasteiger partial charge is 0.460 e. The van der Waals surface area contributed by atoms with E-state index in [9.17, 15) is 44.3 Å². The minimum absolute atomic E-state index is 0.0844. The zero-order chi connectivity index (χ0) is 25.4. The number of benzene rings is 2. The Balaban J connectivity index is 1.93. The van der Waals surface area contributed by atoms with Gasteiger partial charge in [-0.05, 0) is 40.6 Å². The molecule has 12 heteroatoms. The van der Waals surface area contributed by atoms with Gasteiger partial charge >= 0.3 is 23.9 Å². The number of ketones is 1. The molecule has 0 spiro atoms. The molecule has 0 fully saturated rings. The first-order chi connectivity index (χ1) is 15.6. The lowest BCUT2D eigenvalue weighted by atomic mass is 9.84. The van der Waals surface area contributed by atoms with Crippen molar-refractivity contribution in [2.45, 2.75) is 29.5 Å². The number of carbonyl (C=O) groups excluding carboxylic acids is 1. The third-order valence-electron chi connectivity index (χ3n) is 5.16. The number of allylic oxidation sites excluding steroid dienone is 2. The number of carbonyl (C=O) groups is 1. The fourth-order valence-corrected chi connectivity index (χ4v) is 4.37. The van der Waals surface area contributed by atoms with Gasteiger partial charge in [0, 0.05) is 0 Å². The smallest absolute Gasteiger partial charge is 0.401 e. The molecule has 0 atom stereocenters. The van der Waals surface area contributed by atoms with Crippen molar-refractivity contribution in [2.24, 2.45) is 0 Å². The summed E-state index contributed by atoms with van der Waals surface area (Å²) >= 11 is 0. The van der Waals surface area contributed by atoms with Crippen molar-refractivity contribution in [3.63, 3.8) is 0 Å². The van der Waals surface area contributed by atoms with Crippen LogP contribution in [0.2, 0.25) is 0 Å². The Labute approximate surface area is 189 Å². The molecular weight excluding hydrogens is 495 g/mol. The van der Waals surface area contributed by atoms with Gasteiger partial charge in [0.05, 0.1) is 0 Å². The second-order valence-corrected chi connectivity index (χ2v) is 8.83. The van der Waals surface area contributed by atoms with Crippen LogP contribution in [0.3, 0.4) is 0 Å². The van der Waals surface area contributed by atoms with Crippen LogP contribution in [-0.4, -0.2) is 45.1 Å². The van der Waals surface area contributed by atoms with Crippen molar-refractivity contribution in [1.82, 2.24) is 0 Å². The highest BCUT2D eigenvalue weighted by molar-refractivity contribution is 6.47. The van der Waals surface area contributed by atoms with Gasteiger partial charge in [-0.3, -0.25) is 4.79 Å². The molecule has 0 aliphatic heterocycles. The van der Waals surface area contributed by atoms with Crippen molar-refractivity contribution >= 4 is 20.7 Å². The summed E-state index contributed by atoms with van der Waals surface area (Å²) in [4.78, 5) is 11.4. The highest BCUT2D eigenvalue weighted by Gasteiger charge is 2.85. The fourth-order valence-electron chi connectivity index (χ4n) is 3.17. The van der Waals surface area contributed by atoms with Crippen LogP contribution in [0.25, 0.3) is 11.1 Å². The standard InChI is InChI=1S/C22H15F9O2Si/c23-19(24,20(25,26)21(27,28)22(29,30)31)18(12-10-16(32)11-13-18)33-34-17-8-6-15(7-9-17)14-4-2-1-3-5-14/h1-13H,34H2. The summed E-state index contributed by atoms with van der Waals surface area (Å²) in [7, 11) is -2.39. The number of hydrogen-bond acceptors (Lipinski definition) is 2. The third kappa shape index (κ3) is 4.31. The molecule has 0 heterocycles. The Kier molecular flexibility index (Phi) is 6.61. The van der Waals surface area contributed by atoms with Crippen LogP contribution in [0.1, 0.15) is 0 Å². The summed E-state index contributed by atoms with van der Waals surface area (Å²) in [6.07, 6.45) is -6.10. The molecule has 34 heavy (non-hydrogen) atoms. The molecule has 0 N–H and O–H groups in total. The van der Waals surface area contributed by atoms with E-state index in [1.165, 1.54) is 12.1 Å². The molecule has 0 saturated heterocycles. The molecule has 3 rings (SSSR count). The summed E-state index contributed by atoms with van der Waals surface area (Å²) in [6, 6.07) is 14.9. The monoisotopic (exact) mass is 510 g/mol. The summed E-state index contributed by atoms with van der Waals surface area (Å²) in [5, 5.41) is 0.263. The maximum atomic E-state index is 14.8. The van der Waals surface area contributed by atoms with Crippen molar-refractivity contribution in [2.75, 3.05) is 0 Å². The molecule has 0 saturated carbocycles. The van der Waals surface area contributed by atoms with Crippen LogP contribution in [-0.2, 0) is 9.22 Å². The van der Waals surface area contributed by atoms with E-state index in [2.05, 4.69) is 0 Å². The van der Waals surface area contributed by atoms with Crippen LogP contribution < -0.4 is 5.19 Å². The first kappa shape index (κ1) is 25.8. The molecular formula is C22H15F9O2Si. The van der Waals surface area contributed by atoms with Crippen LogP contribution >= 0.6 is 0 Å². The number of hydrogen-bond donors (Lipinski definition) is 0. The van der Waals surface area contributed by atoms with E-state index in [-0.39, 0.29) is 17.3 Å². The normalized spacial score (nSPS) is 17.0. The van der Waals surface area contributed by atoms with Crippen LogP contribution in [0.5, 0.6) is 0 Å². The highest BCUT2D eigenvalue weighted by atomic mass is 28.2. The van der Waals surface area contributed by atoms with E-state index < -0.39 is 45.1 Å². The Morgan fingerprint density at radius 3 is 1.68 bits per heavy atom. The molecule has 1 aliphatic rings. The lowest BCUT2D eigenvalue weighted by Crippen LogP contribution is -2.68. The van der Waals surface area contributed by atoms with E-state index in [0.29, 0.717) is 12.2 Å². The molecule has 2 nitrogen and oxygen atoms in total. The third-order valence-corrected chi connectivity index (χ3v) is 6.59. The molecule has 2 aromatic rings. The van der Waals surface area contributed by atoms with Gasteiger partial charge in [0.1, 0.15) is 0 Å². The van der Waals surface area contributed by atoms with Gasteiger partial charge in [0.2, 0.25) is 0 Å². The summed E-state index contributed by atoms with van der Waals surface area (Å²) in [5.41, 5.74) is -2.17. The second-order valence-electron chi connectivity index (χ2n) is 7.43.